The Balaban J connectivity index is 2.47. The Morgan fingerprint density at radius 2 is 2.22 bits per heavy atom. The lowest BCUT2D eigenvalue weighted by molar-refractivity contribution is 0.477. The molecule has 6 nitrogen and oxygen atoms in total. The number of fused-ring (bicyclic) bond motifs is 1. The Hall–Kier alpha value is -1.56. The molecule has 0 aliphatic rings. The molecule has 0 aliphatic carbocycles. The molecule has 0 N–H and O–H groups in total. The molecular formula is C10H10N4O2S2. The van der Waals surface area contributed by atoms with Crippen LogP contribution in [0.1, 0.15) is 6.42 Å². The first-order chi connectivity index (χ1) is 8.57. The van der Waals surface area contributed by atoms with Crippen LogP contribution < -0.4 is 0 Å². The number of hydrogen-bond donors (Lipinski definition) is 0. The van der Waals surface area contributed by atoms with Crippen LogP contribution in [0, 0.1) is 11.3 Å². The fraction of sp³-hybridized carbons (Fsp3) is 0.300. The van der Waals surface area contributed by atoms with Gasteiger partial charge in [0.15, 0.2) is 0 Å². The van der Waals surface area contributed by atoms with Gasteiger partial charge in [-0.2, -0.15) is 18.3 Å². The van der Waals surface area contributed by atoms with Gasteiger partial charge >= 0.3 is 0 Å². The minimum absolute atomic E-state index is 0.134. The van der Waals surface area contributed by atoms with Crippen molar-refractivity contribution in [2.75, 3.05) is 13.6 Å². The molecule has 0 bridgehead atoms. The van der Waals surface area contributed by atoms with Crippen molar-refractivity contribution in [2.24, 2.45) is 0 Å². The molecule has 0 fully saturated rings. The molecule has 0 spiro atoms. The van der Waals surface area contributed by atoms with Crippen molar-refractivity contribution < 1.29 is 8.42 Å². The molecule has 2 aromatic rings. The van der Waals surface area contributed by atoms with Gasteiger partial charge in [-0.05, 0) is 12.1 Å². The Morgan fingerprint density at radius 1 is 1.44 bits per heavy atom. The molecule has 1 aromatic carbocycles. The van der Waals surface area contributed by atoms with E-state index in [0.717, 1.165) is 16.0 Å². The number of hydrogen-bond acceptors (Lipinski definition) is 6. The fourth-order valence-corrected chi connectivity index (χ4v) is 3.40. The maximum atomic E-state index is 12.3. The second-order valence-electron chi connectivity index (χ2n) is 3.62. The summed E-state index contributed by atoms with van der Waals surface area (Å²) < 4.78 is 33.8. The van der Waals surface area contributed by atoms with E-state index in [1.54, 1.807) is 12.1 Å². The van der Waals surface area contributed by atoms with Gasteiger partial charge in [-0.1, -0.05) is 6.07 Å². The van der Waals surface area contributed by atoms with Gasteiger partial charge in [-0.25, -0.2) is 8.42 Å². The highest BCUT2D eigenvalue weighted by Gasteiger charge is 2.24. The van der Waals surface area contributed by atoms with E-state index in [0.29, 0.717) is 11.0 Å². The van der Waals surface area contributed by atoms with Crippen LogP contribution in [0.25, 0.3) is 11.0 Å². The molecule has 8 heteroatoms. The highest BCUT2D eigenvalue weighted by Crippen LogP contribution is 2.23. The van der Waals surface area contributed by atoms with Crippen molar-refractivity contribution in [1.29, 1.82) is 5.26 Å². The van der Waals surface area contributed by atoms with Gasteiger partial charge in [-0.15, -0.1) is 0 Å². The second-order valence-corrected chi connectivity index (χ2v) is 6.16. The van der Waals surface area contributed by atoms with E-state index >= 15 is 0 Å². The van der Waals surface area contributed by atoms with Crippen molar-refractivity contribution in [3.63, 3.8) is 0 Å². The number of aromatic nitrogens is 2. The SMILES string of the molecule is CN(CCC#N)S(=O)(=O)c1cccc2nsnc12. The summed E-state index contributed by atoms with van der Waals surface area (Å²) in [5.41, 5.74) is 0.945. The van der Waals surface area contributed by atoms with Crippen LogP contribution in [-0.4, -0.2) is 35.1 Å². The molecule has 1 aromatic heterocycles. The van der Waals surface area contributed by atoms with E-state index in [9.17, 15) is 8.42 Å². The summed E-state index contributed by atoms with van der Waals surface area (Å²) in [7, 11) is -2.17. The van der Waals surface area contributed by atoms with Crippen LogP contribution in [0.4, 0.5) is 0 Å². The van der Waals surface area contributed by atoms with Gasteiger partial charge in [-0.3, -0.25) is 0 Å². The zero-order chi connectivity index (χ0) is 13.2. The molecule has 0 atom stereocenters. The summed E-state index contributed by atoms with van der Waals surface area (Å²) in [6.07, 6.45) is 0.154. The topological polar surface area (TPSA) is 87.0 Å². The number of sulfonamides is 1. The second kappa shape index (κ2) is 4.97. The fourth-order valence-electron chi connectivity index (χ4n) is 1.49. The third-order valence-corrected chi connectivity index (χ3v) is 4.91. The lowest BCUT2D eigenvalue weighted by Gasteiger charge is -2.15. The monoisotopic (exact) mass is 282 g/mol. The van der Waals surface area contributed by atoms with E-state index in [-0.39, 0.29) is 17.9 Å². The van der Waals surface area contributed by atoms with Gasteiger partial charge in [0.2, 0.25) is 10.0 Å². The van der Waals surface area contributed by atoms with E-state index < -0.39 is 10.0 Å². The molecule has 1 heterocycles. The Kier molecular flexibility index (Phi) is 3.56. The molecule has 0 saturated carbocycles. The predicted octanol–water partition coefficient (Wildman–Crippen LogP) is 1.23. The molecule has 0 saturated heterocycles. The Labute approximate surface area is 109 Å². The van der Waals surface area contributed by atoms with Crippen LogP contribution in [0.2, 0.25) is 0 Å². The largest absolute Gasteiger partial charge is 0.245 e. The molecular weight excluding hydrogens is 272 g/mol. The van der Waals surface area contributed by atoms with Crippen molar-refractivity contribution in [1.82, 2.24) is 13.1 Å². The van der Waals surface area contributed by atoms with Crippen LogP contribution in [0.15, 0.2) is 23.1 Å². The molecule has 18 heavy (non-hydrogen) atoms. The highest BCUT2D eigenvalue weighted by atomic mass is 32.2. The number of rotatable bonds is 4. The van der Waals surface area contributed by atoms with Gasteiger partial charge in [0.05, 0.1) is 17.8 Å². The lowest BCUT2D eigenvalue weighted by Crippen LogP contribution is -2.28. The number of benzene rings is 1. The first-order valence-corrected chi connectivity index (χ1v) is 7.29. The first-order valence-electron chi connectivity index (χ1n) is 5.12. The predicted molar refractivity (Wildman–Crippen MR) is 67.5 cm³/mol. The van der Waals surface area contributed by atoms with Crippen molar-refractivity contribution in [3.8, 4) is 6.07 Å². The molecule has 0 radical (unpaired) electrons. The smallest absolute Gasteiger partial charge is 0.207 e. The standard InChI is InChI=1S/C10H10N4O2S2/c1-14(7-3-6-11)18(15,16)9-5-2-4-8-10(9)13-17-12-8/h2,4-5H,3,7H2,1H3. The summed E-state index contributed by atoms with van der Waals surface area (Å²) in [6, 6.07) is 6.77. The lowest BCUT2D eigenvalue weighted by atomic mass is 10.3. The van der Waals surface area contributed by atoms with Gasteiger partial charge in [0.1, 0.15) is 15.9 Å². The Morgan fingerprint density at radius 3 is 2.94 bits per heavy atom. The molecule has 2 rings (SSSR count). The van der Waals surface area contributed by atoms with E-state index in [4.69, 9.17) is 5.26 Å². The number of nitriles is 1. The molecule has 0 aliphatic heterocycles. The number of nitrogens with zero attached hydrogens (tertiary/aromatic N) is 4. The van der Waals surface area contributed by atoms with Crippen LogP contribution in [0.3, 0.4) is 0 Å². The molecule has 0 unspecified atom stereocenters. The third kappa shape index (κ3) is 2.20. The summed E-state index contributed by atoms with van der Waals surface area (Å²) in [5, 5.41) is 8.50. The summed E-state index contributed by atoms with van der Waals surface area (Å²) in [6.45, 7) is 0.160. The molecule has 0 amide bonds. The van der Waals surface area contributed by atoms with Gasteiger partial charge in [0.25, 0.3) is 0 Å². The summed E-state index contributed by atoms with van der Waals surface area (Å²) in [4.78, 5) is 0.134. The van der Waals surface area contributed by atoms with Crippen molar-refractivity contribution in [3.05, 3.63) is 18.2 Å². The third-order valence-electron chi connectivity index (χ3n) is 2.48. The van der Waals surface area contributed by atoms with Crippen molar-refractivity contribution >= 4 is 32.8 Å². The minimum atomic E-state index is -3.62. The zero-order valence-corrected chi connectivity index (χ0v) is 11.2. The molecule has 94 valence electrons. The summed E-state index contributed by atoms with van der Waals surface area (Å²) in [5.74, 6) is 0. The minimum Gasteiger partial charge on any atom is -0.207 e. The quantitative estimate of drug-likeness (QED) is 0.841. The maximum absolute atomic E-state index is 12.3. The van der Waals surface area contributed by atoms with Gasteiger partial charge < -0.3 is 0 Å². The van der Waals surface area contributed by atoms with Crippen LogP contribution in [-0.2, 0) is 10.0 Å². The maximum Gasteiger partial charge on any atom is 0.245 e. The zero-order valence-electron chi connectivity index (χ0n) is 9.57. The van der Waals surface area contributed by atoms with E-state index in [1.807, 2.05) is 6.07 Å². The van der Waals surface area contributed by atoms with E-state index in [2.05, 4.69) is 8.75 Å². The summed E-state index contributed by atoms with van der Waals surface area (Å²) >= 11 is 0.977. The van der Waals surface area contributed by atoms with Gasteiger partial charge in [0, 0.05) is 20.0 Å². The van der Waals surface area contributed by atoms with E-state index in [1.165, 1.54) is 13.1 Å². The van der Waals surface area contributed by atoms with Crippen LogP contribution in [0.5, 0.6) is 0 Å². The average Bonchev–Trinajstić information content (AvgIpc) is 2.83. The van der Waals surface area contributed by atoms with Crippen LogP contribution >= 0.6 is 11.7 Å². The highest BCUT2D eigenvalue weighted by molar-refractivity contribution is 7.89. The Bertz CT molecular complexity index is 702. The average molecular weight is 282 g/mol. The van der Waals surface area contributed by atoms with Crippen molar-refractivity contribution in [2.45, 2.75) is 11.3 Å². The normalized spacial score (nSPS) is 11.8. The first kappa shape index (κ1) is 12.9.